The maximum absolute atomic E-state index is 13.2. The number of rotatable bonds is 5. The van der Waals surface area contributed by atoms with Crippen LogP contribution in [-0.4, -0.2) is 45.4 Å². The van der Waals surface area contributed by atoms with Crippen LogP contribution in [0.3, 0.4) is 0 Å². The van der Waals surface area contributed by atoms with E-state index in [1.54, 1.807) is 17.0 Å². The number of hydrogen-bond donors (Lipinski definition) is 1. The average Bonchev–Trinajstić information content (AvgIpc) is 3.41. The van der Waals surface area contributed by atoms with Gasteiger partial charge in [0.1, 0.15) is 19.8 Å². The zero-order valence-electron chi connectivity index (χ0n) is 15.9. The van der Waals surface area contributed by atoms with Crippen molar-refractivity contribution >= 4 is 11.6 Å². The lowest BCUT2D eigenvalue weighted by molar-refractivity contribution is 0.0713. The molecule has 1 amide bonds. The second kappa shape index (κ2) is 8.24. The van der Waals surface area contributed by atoms with Crippen molar-refractivity contribution in [2.45, 2.75) is 19.1 Å². The van der Waals surface area contributed by atoms with Crippen LogP contribution in [-0.2, 0) is 11.4 Å². The lowest BCUT2D eigenvalue weighted by atomic mass is 10.0. The Bertz CT molecular complexity index is 1010. The molecule has 2 aromatic carbocycles. The molecular formula is C21H20N4O4. The van der Waals surface area contributed by atoms with E-state index in [1.807, 2.05) is 42.5 Å². The molecule has 1 aromatic heterocycles. The van der Waals surface area contributed by atoms with Crippen LogP contribution in [0.5, 0.6) is 0 Å². The number of amides is 1. The summed E-state index contributed by atoms with van der Waals surface area (Å²) in [5.41, 5.74) is 3.37. The second-order valence-electron chi connectivity index (χ2n) is 6.64. The van der Waals surface area contributed by atoms with Crippen molar-refractivity contribution in [3.8, 4) is 11.1 Å². The summed E-state index contributed by atoms with van der Waals surface area (Å²) in [6, 6.07) is 17.0. The molecular weight excluding hydrogens is 372 g/mol. The lowest BCUT2D eigenvalue weighted by Crippen LogP contribution is -2.31. The largest absolute Gasteiger partial charge is 0.399 e. The molecule has 3 aromatic rings. The minimum Gasteiger partial charge on any atom is -0.399 e. The van der Waals surface area contributed by atoms with Gasteiger partial charge < -0.3 is 19.4 Å². The average molecular weight is 392 g/mol. The van der Waals surface area contributed by atoms with E-state index < -0.39 is 6.04 Å². The zero-order chi connectivity index (χ0) is 20.2. The maximum Gasteiger partial charge on any atom is 0.254 e. The molecule has 29 heavy (non-hydrogen) atoms. The van der Waals surface area contributed by atoms with Crippen LogP contribution in [0.1, 0.15) is 34.5 Å². The fraction of sp³-hybridized carbons (Fsp3) is 0.238. The third-order valence-corrected chi connectivity index (χ3v) is 4.79. The van der Waals surface area contributed by atoms with E-state index in [4.69, 9.17) is 9.36 Å². The van der Waals surface area contributed by atoms with Crippen molar-refractivity contribution in [3.05, 3.63) is 71.9 Å². The van der Waals surface area contributed by atoms with Gasteiger partial charge in [-0.15, -0.1) is 0 Å². The molecule has 0 aliphatic carbocycles. The van der Waals surface area contributed by atoms with Gasteiger partial charge in [0, 0.05) is 12.0 Å². The fourth-order valence-corrected chi connectivity index (χ4v) is 3.40. The van der Waals surface area contributed by atoms with Crippen LogP contribution < -0.4 is 0 Å². The van der Waals surface area contributed by atoms with Crippen molar-refractivity contribution in [1.82, 2.24) is 15.0 Å². The summed E-state index contributed by atoms with van der Waals surface area (Å²) in [6.07, 6.45) is 0.425. The normalized spacial score (nSPS) is 17.7. The number of aromatic nitrogens is 2. The number of carbonyl (C=O) groups is 1. The van der Waals surface area contributed by atoms with Gasteiger partial charge in [0.25, 0.3) is 5.91 Å². The Balaban J connectivity index is 1.60. The smallest absolute Gasteiger partial charge is 0.254 e. The van der Waals surface area contributed by atoms with E-state index in [0.717, 1.165) is 11.1 Å². The van der Waals surface area contributed by atoms with Crippen molar-refractivity contribution < 1.29 is 19.3 Å². The number of likely N-dealkylation sites (tertiary alicyclic amines) is 1. The van der Waals surface area contributed by atoms with Crippen molar-refractivity contribution in [1.29, 1.82) is 0 Å². The Morgan fingerprint density at radius 2 is 1.93 bits per heavy atom. The summed E-state index contributed by atoms with van der Waals surface area (Å²) in [7, 11) is 1.46. The van der Waals surface area contributed by atoms with Crippen molar-refractivity contribution in [2.24, 2.45) is 5.16 Å². The molecule has 0 bridgehead atoms. The van der Waals surface area contributed by atoms with Crippen LogP contribution in [0.2, 0.25) is 0 Å². The highest BCUT2D eigenvalue weighted by Gasteiger charge is 2.38. The molecule has 1 N–H and O–H groups in total. The molecule has 0 radical (unpaired) electrons. The van der Waals surface area contributed by atoms with E-state index >= 15 is 0 Å². The monoisotopic (exact) mass is 392 g/mol. The highest BCUT2D eigenvalue weighted by molar-refractivity contribution is 6.00. The highest BCUT2D eigenvalue weighted by Crippen LogP contribution is 2.31. The van der Waals surface area contributed by atoms with Gasteiger partial charge in [0.15, 0.2) is 5.82 Å². The van der Waals surface area contributed by atoms with Gasteiger partial charge in [-0.05, 0) is 23.3 Å². The standard InChI is InChI=1S/C21H20N4O4/c1-28-23-17-11-18(20-22-19(13-26)24-29-20)25(12-17)21(27)16-9-7-15(8-10-16)14-5-3-2-4-6-14/h2-10,18,26H,11-13H2,1H3/t18-/m0/s1. The van der Waals surface area contributed by atoms with E-state index in [-0.39, 0.29) is 24.2 Å². The Morgan fingerprint density at radius 3 is 2.59 bits per heavy atom. The molecule has 0 spiro atoms. The Hall–Kier alpha value is -3.52. The van der Waals surface area contributed by atoms with Crippen molar-refractivity contribution in [3.63, 3.8) is 0 Å². The number of nitrogens with zero attached hydrogens (tertiary/aromatic N) is 4. The van der Waals surface area contributed by atoms with Gasteiger partial charge >= 0.3 is 0 Å². The minimum absolute atomic E-state index is 0.167. The molecule has 1 saturated heterocycles. The van der Waals surface area contributed by atoms with Crippen LogP contribution in [0.25, 0.3) is 11.1 Å². The highest BCUT2D eigenvalue weighted by atomic mass is 16.6. The first-order chi connectivity index (χ1) is 14.2. The topological polar surface area (TPSA) is 101 Å². The summed E-state index contributed by atoms with van der Waals surface area (Å²) in [4.78, 5) is 23.9. The number of oxime groups is 1. The molecule has 8 nitrogen and oxygen atoms in total. The molecule has 1 aliphatic heterocycles. The van der Waals surface area contributed by atoms with Crippen LogP contribution in [0, 0.1) is 0 Å². The van der Waals surface area contributed by atoms with Gasteiger partial charge in [-0.25, -0.2) is 0 Å². The van der Waals surface area contributed by atoms with Crippen LogP contribution in [0.4, 0.5) is 0 Å². The molecule has 0 unspecified atom stereocenters. The second-order valence-corrected chi connectivity index (χ2v) is 6.64. The summed E-state index contributed by atoms with van der Waals surface area (Å²) >= 11 is 0. The van der Waals surface area contributed by atoms with Gasteiger partial charge in [-0.1, -0.05) is 52.8 Å². The summed E-state index contributed by atoms with van der Waals surface area (Å²) in [5, 5.41) is 16.9. The molecule has 8 heteroatoms. The van der Waals surface area contributed by atoms with Gasteiger partial charge in [-0.3, -0.25) is 4.79 Å². The van der Waals surface area contributed by atoms with E-state index in [2.05, 4.69) is 15.3 Å². The number of carbonyl (C=O) groups excluding carboxylic acids is 1. The van der Waals surface area contributed by atoms with Crippen LogP contribution >= 0.6 is 0 Å². The Labute approximate surface area is 167 Å². The van der Waals surface area contributed by atoms with E-state index in [0.29, 0.717) is 24.2 Å². The van der Waals surface area contributed by atoms with Gasteiger partial charge in [-0.2, -0.15) is 4.98 Å². The quantitative estimate of drug-likeness (QED) is 0.670. The molecule has 148 valence electrons. The Morgan fingerprint density at radius 1 is 1.21 bits per heavy atom. The van der Waals surface area contributed by atoms with E-state index in [1.165, 1.54) is 7.11 Å². The molecule has 1 fully saturated rings. The molecule has 1 atom stereocenters. The number of aliphatic hydroxyl groups excluding tert-OH is 1. The molecule has 0 saturated carbocycles. The minimum atomic E-state index is -0.460. The Kier molecular flexibility index (Phi) is 5.35. The van der Waals surface area contributed by atoms with Gasteiger partial charge in [0.2, 0.25) is 5.89 Å². The first-order valence-electron chi connectivity index (χ1n) is 9.18. The van der Waals surface area contributed by atoms with Crippen molar-refractivity contribution in [2.75, 3.05) is 13.7 Å². The predicted molar refractivity (Wildman–Crippen MR) is 105 cm³/mol. The summed E-state index contributed by atoms with van der Waals surface area (Å²) in [5.74, 6) is 0.279. The van der Waals surface area contributed by atoms with Gasteiger partial charge in [0.05, 0.1) is 12.3 Å². The first kappa shape index (κ1) is 18.8. The maximum atomic E-state index is 13.2. The third-order valence-electron chi connectivity index (χ3n) is 4.79. The molecule has 2 heterocycles. The van der Waals surface area contributed by atoms with E-state index in [9.17, 15) is 9.90 Å². The number of hydrogen-bond acceptors (Lipinski definition) is 7. The zero-order valence-corrected chi connectivity index (χ0v) is 15.9. The SMILES string of the molecule is CON=C1C[C@@H](c2nc(CO)no2)N(C(=O)c2ccc(-c3ccccc3)cc2)C1. The predicted octanol–water partition coefficient (Wildman–Crippen LogP) is 2.82. The third kappa shape index (κ3) is 3.88. The summed E-state index contributed by atoms with van der Waals surface area (Å²) < 4.78 is 5.25. The lowest BCUT2D eigenvalue weighted by Gasteiger charge is -2.21. The summed E-state index contributed by atoms with van der Waals surface area (Å²) in [6.45, 7) is -0.0290. The number of aliphatic hydroxyl groups is 1. The fourth-order valence-electron chi connectivity index (χ4n) is 3.40. The molecule has 4 rings (SSSR count). The first-order valence-corrected chi connectivity index (χ1v) is 9.18. The number of benzene rings is 2. The van der Waals surface area contributed by atoms with Crippen LogP contribution in [0.15, 0.2) is 64.3 Å². The molecule has 1 aliphatic rings.